The van der Waals surface area contributed by atoms with Crippen molar-refractivity contribution < 1.29 is 9.90 Å². The molecule has 106 valence electrons. The molecule has 2 rings (SSSR count). The number of hydrogen-bond acceptors (Lipinski definition) is 3. The van der Waals surface area contributed by atoms with Crippen LogP contribution in [0.5, 0.6) is 0 Å². The van der Waals surface area contributed by atoms with Gasteiger partial charge in [-0.2, -0.15) is 5.10 Å². The molecule has 2 aromatic rings. The Kier molecular flexibility index (Phi) is 3.88. The summed E-state index contributed by atoms with van der Waals surface area (Å²) >= 11 is 0. The molecule has 0 fully saturated rings. The van der Waals surface area contributed by atoms with Gasteiger partial charge in [0.15, 0.2) is 5.82 Å². The monoisotopic (exact) mass is 273 g/mol. The third-order valence-electron chi connectivity index (χ3n) is 3.61. The van der Waals surface area contributed by atoms with Crippen LogP contribution in [0.1, 0.15) is 31.1 Å². The fourth-order valence-electron chi connectivity index (χ4n) is 2.20. The molecule has 1 unspecified atom stereocenters. The van der Waals surface area contributed by atoms with Crippen LogP contribution < -0.4 is 0 Å². The molecule has 1 N–H and O–H groups in total. The highest BCUT2D eigenvalue weighted by atomic mass is 16.4. The van der Waals surface area contributed by atoms with E-state index in [9.17, 15) is 9.90 Å². The highest BCUT2D eigenvalue weighted by Crippen LogP contribution is 2.28. The average Bonchev–Trinajstić information content (AvgIpc) is 2.80. The lowest BCUT2D eigenvalue weighted by Crippen LogP contribution is -2.35. The Labute approximate surface area is 118 Å². The van der Waals surface area contributed by atoms with E-state index in [4.69, 9.17) is 0 Å². The van der Waals surface area contributed by atoms with Gasteiger partial charge in [0.2, 0.25) is 0 Å². The van der Waals surface area contributed by atoms with Crippen LogP contribution in [0.2, 0.25) is 0 Å². The van der Waals surface area contributed by atoms with E-state index < -0.39 is 11.4 Å². The Morgan fingerprint density at radius 1 is 1.35 bits per heavy atom. The van der Waals surface area contributed by atoms with E-state index >= 15 is 0 Å². The number of carboxylic acid groups (broad SMARTS) is 1. The summed E-state index contributed by atoms with van der Waals surface area (Å²) in [6, 6.07) is 9.26. The largest absolute Gasteiger partial charge is 0.481 e. The van der Waals surface area contributed by atoms with E-state index in [-0.39, 0.29) is 0 Å². The summed E-state index contributed by atoms with van der Waals surface area (Å²) in [6.07, 6.45) is 1.05. The topological polar surface area (TPSA) is 68.0 Å². The number of rotatable bonds is 5. The molecule has 0 aliphatic rings. The van der Waals surface area contributed by atoms with Crippen molar-refractivity contribution in [3.63, 3.8) is 0 Å². The normalized spacial score (nSPS) is 13.9. The molecule has 0 saturated heterocycles. The number of hydrogen-bond donors (Lipinski definition) is 1. The Bertz CT molecular complexity index is 607. The van der Waals surface area contributed by atoms with Crippen molar-refractivity contribution in [2.75, 3.05) is 0 Å². The van der Waals surface area contributed by atoms with Crippen LogP contribution in [0.25, 0.3) is 0 Å². The van der Waals surface area contributed by atoms with Crippen LogP contribution in [0.4, 0.5) is 0 Å². The van der Waals surface area contributed by atoms with Crippen LogP contribution in [-0.4, -0.2) is 25.8 Å². The van der Waals surface area contributed by atoms with Gasteiger partial charge in [0.1, 0.15) is 5.82 Å². The fourth-order valence-corrected chi connectivity index (χ4v) is 2.20. The molecule has 0 saturated carbocycles. The summed E-state index contributed by atoms with van der Waals surface area (Å²) in [5.74, 6) is 0.573. The quantitative estimate of drug-likeness (QED) is 0.904. The molecule has 1 atom stereocenters. The zero-order valence-corrected chi connectivity index (χ0v) is 12.0. The van der Waals surface area contributed by atoms with E-state index in [0.29, 0.717) is 12.2 Å². The summed E-state index contributed by atoms with van der Waals surface area (Å²) in [7, 11) is 1.80. The first-order chi connectivity index (χ1) is 9.47. The molecule has 0 spiro atoms. The van der Waals surface area contributed by atoms with Gasteiger partial charge in [0, 0.05) is 19.9 Å². The lowest BCUT2D eigenvalue weighted by Gasteiger charge is -2.24. The summed E-state index contributed by atoms with van der Waals surface area (Å²) in [5.41, 5.74) is -0.235. The number of nitrogens with zero attached hydrogens (tertiary/aromatic N) is 3. The molecule has 1 aromatic carbocycles. The molecular weight excluding hydrogens is 254 g/mol. The van der Waals surface area contributed by atoms with Crippen LogP contribution in [0.3, 0.4) is 0 Å². The highest BCUT2D eigenvalue weighted by Gasteiger charge is 2.36. The van der Waals surface area contributed by atoms with Gasteiger partial charge in [-0.05, 0) is 12.5 Å². The number of carbonyl (C=O) groups is 1. The lowest BCUT2D eigenvalue weighted by atomic mass is 9.79. The molecule has 0 bridgehead atoms. The third-order valence-corrected chi connectivity index (χ3v) is 3.61. The first-order valence-corrected chi connectivity index (χ1v) is 6.65. The van der Waals surface area contributed by atoms with E-state index in [1.54, 1.807) is 18.7 Å². The summed E-state index contributed by atoms with van der Waals surface area (Å²) in [5, 5.41) is 13.9. The number of benzene rings is 1. The van der Waals surface area contributed by atoms with Crippen molar-refractivity contribution >= 4 is 5.97 Å². The minimum Gasteiger partial charge on any atom is -0.481 e. The van der Waals surface area contributed by atoms with Gasteiger partial charge in [-0.25, -0.2) is 4.98 Å². The predicted octanol–water partition coefficient (Wildman–Crippen LogP) is 1.96. The van der Waals surface area contributed by atoms with E-state index in [2.05, 4.69) is 10.1 Å². The fraction of sp³-hybridized carbons (Fsp3) is 0.400. The van der Waals surface area contributed by atoms with Gasteiger partial charge >= 0.3 is 5.97 Å². The molecule has 1 heterocycles. The van der Waals surface area contributed by atoms with Crippen molar-refractivity contribution in [3.05, 3.63) is 47.5 Å². The number of carboxylic acids is 1. The molecule has 0 amide bonds. The second-order valence-electron chi connectivity index (χ2n) is 5.10. The van der Waals surface area contributed by atoms with E-state index in [1.165, 1.54) is 0 Å². The van der Waals surface area contributed by atoms with E-state index in [1.807, 2.05) is 37.3 Å². The van der Waals surface area contributed by atoms with Gasteiger partial charge in [-0.1, -0.05) is 37.3 Å². The maximum Gasteiger partial charge on any atom is 0.314 e. The number of aromatic nitrogens is 3. The maximum atomic E-state index is 11.8. The van der Waals surface area contributed by atoms with Gasteiger partial charge in [0.05, 0.1) is 5.41 Å². The maximum absolute atomic E-state index is 11.8. The zero-order valence-electron chi connectivity index (χ0n) is 12.0. The van der Waals surface area contributed by atoms with Gasteiger partial charge < -0.3 is 5.11 Å². The predicted molar refractivity (Wildman–Crippen MR) is 75.5 cm³/mol. The van der Waals surface area contributed by atoms with Crippen molar-refractivity contribution in [1.82, 2.24) is 14.8 Å². The van der Waals surface area contributed by atoms with Crippen LogP contribution in [-0.2, 0) is 30.1 Å². The smallest absolute Gasteiger partial charge is 0.314 e. The molecule has 1 aromatic heterocycles. The van der Waals surface area contributed by atoms with Crippen molar-refractivity contribution in [1.29, 1.82) is 0 Å². The Morgan fingerprint density at radius 3 is 2.50 bits per heavy atom. The second kappa shape index (κ2) is 5.45. The molecule has 5 heteroatoms. The molecule has 0 aliphatic heterocycles. The molecule has 0 radical (unpaired) electrons. The van der Waals surface area contributed by atoms with Gasteiger partial charge in [-0.3, -0.25) is 9.48 Å². The summed E-state index contributed by atoms with van der Waals surface area (Å²) in [6.45, 7) is 3.71. The summed E-state index contributed by atoms with van der Waals surface area (Å²) in [4.78, 5) is 16.2. The molecular formula is C15H19N3O2. The molecule has 5 nitrogen and oxygen atoms in total. The minimum atomic E-state index is -1.01. The lowest BCUT2D eigenvalue weighted by molar-refractivity contribution is -0.143. The minimum absolute atomic E-state index is 0.315. The Balaban J connectivity index is 2.39. The third kappa shape index (κ3) is 2.57. The van der Waals surface area contributed by atoms with Crippen LogP contribution >= 0.6 is 0 Å². The van der Waals surface area contributed by atoms with Crippen molar-refractivity contribution in [3.8, 4) is 0 Å². The second-order valence-corrected chi connectivity index (χ2v) is 5.10. The standard InChI is InChI=1S/C15H19N3O2/c1-4-12-16-13(18(3)17-12)10-15(2,14(19)20)11-8-6-5-7-9-11/h5-9H,4,10H2,1-3H3,(H,19,20). The highest BCUT2D eigenvalue weighted by molar-refractivity contribution is 5.81. The zero-order chi connectivity index (χ0) is 14.8. The first-order valence-electron chi connectivity index (χ1n) is 6.65. The Hall–Kier alpha value is -2.17. The van der Waals surface area contributed by atoms with Crippen molar-refractivity contribution in [2.45, 2.75) is 32.1 Å². The van der Waals surface area contributed by atoms with E-state index in [0.717, 1.165) is 17.8 Å². The van der Waals surface area contributed by atoms with Crippen LogP contribution in [0.15, 0.2) is 30.3 Å². The number of aliphatic carboxylic acids is 1. The number of aryl methyl sites for hydroxylation is 2. The van der Waals surface area contributed by atoms with Gasteiger partial charge in [0.25, 0.3) is 0 Å². The molecule has 0 aliphatic carbocycles. The Morgan fingerprint density at radius 2 is 2.00 bits per heavy atom. The average molecular weight is 273 g/mol. The summed E-state index contributed by atoms with van der Waals surface area (Å²) < 4.78 is 1.67. The first kappa shape index (κ1) is 14.2. The van der Waals surface area contributed by atoms with Crippen LogP contribution in [0, 0.1) is 0 Å². The van der Waals surface area contributed by atoms with Crippen molar-refractivity contribution in [2.24, 2.45) is 7.05 Å². The SMILES string of the molecule is CCc1nc(CC(C)(C(=O)O)c2ccccc2)n(C)n1. The van der Waals surface area contributed by atoms with Gasteiger partial charge in [-0.15, -0.1) is 0 Å². The molecule has 20 heavy (non-hydrogen) atoms.